The number of piperidine rings is 1. The highest BCUT2D eigenvalue weighted by molar-refractivity contribution is 6.33. The third-order valence-electron chi connectivity index (χ3n) is 4.71. The van der Waals surface area contributed by atoms with Crippen LogP contribution in [0.25, 0.3) is 0 Å². The largest absolute Gasteiger partial charge is 0.486 e. The predicted molar refractivity (Wildman–Crippen MR) is 93.6 cm³/mol. The Balaban J connectivity index is 1.78. The second-order valence-corrected chi connectivity index (χ2v) is 7.60. The summed E-state index contributed by atoms with van der Waals surface area (Å²) in [7, 11) is 0. The van der Waals surface area contributed by atoms with Crippen LogP contribution in [0.15, 0.2) is 6.07 Å². The van der Waals surface area contributed by atoms with Gasteiger partial charge in [0.1, 0.15) is 11.4 Å². The number of nitrogen functional groups attached to an aromatic ring is 1. The lowest BCUT2D eigenvalue weighted by Gasteiger charge is -2.28. The molecule has 0 bridgehead atoms. The van der Waals surface area contributed by atoms with E-state index in [9.17, 15) is 9.90 Å². The van der Waals surface area contributed by atoms with Crippen LogP contribution in [0.2, 0.25) is 5.02 Å². The van der Waals surface area contributed by atoms with E-state index in [1.165, 1.54) is 0 Å². The fraction of sp³-hybridized carbons (Fsp3) is 0.588. The zero-order valence-electron chi connectivity index (χ0n) is 14.0. The van der Waals surface area contributed by atoms with Crippen LogP contribution >= 0.6 is 11.6 Å². The van der Waals surface area contributed by atoms with E-state index in [-0.39, 0.29) is 11.8 Å². The number of β-amino-alcohol motifs (C(OH)–C–C–N with tert-alkyl or cyclic N) is 1. The second-order valence-electron chi connectivity index (χ2n) is 7.20. The SMILES string of the molecule is CC1(C)Cc2c(N)c(Cl)cc(C(=O)NC[C@H]3CCNC[C@@H]3O)c2O1. The first-order valence-electron chi connectivity index (χ1n) is 8.25. The molecular formula is C17H24ClN3O3. The molecule has 0 spiro atoms. The van der Waals surface area contributed by atoms with Crippen molar-refractivity contribution in [2.45, 2.75) is 38.4 Å². The number of benzene rings is 1. The predicted octanol–water partition coefficient (Wildman–Crippen LogP) is 1.34. The van der Waals surface area contributed by atoms with Crippen LogP contribution in [-0.2, 0) is 6.42 Å². The van der Waals surface area contributed by atoms with Gasteiger partial charge < -0.3 is 26.2 Å². The Kier molecular flexibility index (Phi) is 4.64. The Morgan fingerprint density at radius 1 is 1.58 bits per heavy atom. The Bertz CT molecular complexity index is 663. The Morgan fingerprint density at radius 2 is 2.33 bits per heavy atom. The first-order chi connectivity index (χ1) is 11.3. The number of hydrogen-bond acceptors (Lipinski definition) is 5. The highest BCUT2D eigenvalue weighted by atomic mass is 35.5. The second kappa shape index (κ2) is 6.43. The fourth-order valence-corrected chi connectivity index (χ4v) is 3.57. The third kappa shape index (κ3) is 3.31. The van der Waals surface area contributed by atoms with Crippen molar-refractivity contribution in [2.24, 2.45) is 5.92 Å². The van der Waals surface area contributed by atoms with Gasteiger partial charge in [-0.1, -0.05) is 11.6 Å². The maximum atomic E-state index is 12.6. The van der Waals surface area contributed by atoms with Gasteiger partial charge in [0.05, 0.1) is 22.4 Å². The van der Waals surface area contributed by atoms with Crippen molar-refractivity contribution in [3.8, 4) is 5.75 Å². The Hall–Kier alpha value is -1.50. The van der Waals surface area contributed by atoms with E-state index in [1.807, 2.05) is 13.8 Å². The van der Waals surface area contributed by atoms with E-state index < -0.39 is 11.7 Å². The minimum Gasteiger partial charge on any atom is -0.486 e. The summed E-state index contributed by atoms with van der Waals surface area (Å²) in [4.78, 5) is 12.6. The molecule has 2 aliphatic heterocycles. The van der Waals surface area contributed by atoms with Crippen LogP contribution in [0, 0.1) is 5.92 Å². The molecule has 0 aliphatic carbocycles. The molecular weight excluding hydrogens is 330 g/mol. The maximum absolute atomic E-state index is 12.6. The number of nitrogens with one attached hydrogen (secondary N) is 2. The van der Waals surface area contributed by atoms with Crippen LogP contribution in [0.4, 0.5) is 5.69 Å². The number of carbonyl (C=O) groups excluding carboxylic acids is 1. The smallest absolute Gasteiger partial charge is 0.255 e. The van der Waals surface area contributed by atoms with Crippen molar-refractivity contribution >= 4 is 23.2 Å². The van der Waals surface area contributed by atoms with Crippen LogP contribution in [0.1, 0.15) is 36.2 Å². The molecule has 0 radical (unpaired) electrons. The minimum absolute atomic E-state index is 0.0462. The summed E-state index contributed by atoms with van der Waals surface area (Å²) in [6.07, 6.45) is 0.989. The molecule has 5 N–H and O–H groups in total. The molecule has 2 heterocycles. The van der Waals surface area contributed by atoms with Crippen molar-refractivity contribution in [1.82, 2.24) is 10.6 Å². The molecule has 2 aliphatic rings. The molecule has 24 heavy (non-hydrogen) atoms. The monoisotopic (exact) mass is 353 g/mol. The van der Waals surface area contributed by atoms with Gasteiger partial charge in [-0.3, -0.25) is 4.79 Å². The van der Waals surface area contributed by atoms with Crippen molar-refractivity contribution in [3.05, 3.63) is 22.2 Å². The van der Waals surface area contributed by atoms with Gasteiger partial charge in [0, 0.05) is 31.0 Å². The molecule has 2 atom stereocenters. The quantitative estimate of drug-likeness (QED) is 0.615. The highest BCUT2D eigenvalue weighted by Gasteiger charge is 2.36. The highest BCUT2D eigenvalue weighted by Crippen LogP contribution is 2.43. The van der Waals surface area contributed by atoms with Crippen LogP contribution in [-0.4, -0.2) is 42.4 Å². The van der Waals surface area contributed by atoms with Gasteiger partial charge in [0.15, 0.2) is 0 Å². The number of carbonyl (C=O) groups is 1. The van der Waals surface area contributed by atoms with Gasteiger partial charge >= 0.3 is 0 Å². The molecule has 0 saturated carbocycles. The average Bonchev–Trinajstić information content (AvgIpc) is 2.85. The number of anilines is 1. The van der Waals surface area contributed by atoms with E-state index in [2.05, 4.69) is 10.6 Å². The van der Waals surface area contributed by atoms with Gasteiger partial charge in [-0.25, -0.2) is 0 Å². The number of fused-ring (bicyclic) bond motifs is 1. The minimum atomic E-state index is -0.449. The van der Waals surface area contributed by atoms with E-state index in [0.29, 0.717) is 41.5 Å². The molecule has 6 nitrogen and oxygen atoms in total. The van der Waals surface area contributed by atoms with E-state index in [4.69, 9.17) is 22.1 Å². The van der Waals surface area contributed by atoms with Crippen LogP contribution in [0.3, 0.4) is 0 Å². The topological polar surface area (TPSA) is 96.6 Å². The number of aliphatic hydroxyl groups excluding tert-OH is 1. The van der Waals surface area contributed by atoms with Gasteiger partial charge in [-0.15, -0.1) is 0 Å². The number of ether oxygens (including phenoxy) is 1. The normalized spacial score (nSPS) is 25.0. The van der Waals surface area contributed by atoms with Gasteiger partial charge in [-0.05, 0) is 32.9 Å². The number of aliphatic hydroxyl groups is 1. The zero-order chi connectivity index (χ0) is 17.5. The van der Waals surface area contributed by atoms with E-state index in [1.54, 1.807) is 6.07 Å². The molecule has 7 heteroatoms. The zero-order valence-corrected chi connectivity index (χ0v) is 14.7. The molecule has 1 fully saturated rings. The molecule has 1 amide bonds. The summed E-state index contributed by atoms with van der Waals surface area (Å²) >= 11 is 6.20. The number of rotatable bonds is 3. The molecule has 0 aromatic heterocycles. The van der Waals surface area contributed by atoms with Gasteiger partial charge in [-0.2, -0.15) is 0 Å². The molecule has 1 saturated heterocycles. The summed E-state index contributed by atoms with van der Waals surface area (Å²) in [5.41, 5.74) is 7.30. The van der Waals surface area contributed by atoms with Crippen molar-refractivity contribution in [1.29, 1.82) is 0 Å². The van der Waals surface area contributed by atoms with E-state index >= 15 is 0 Å². The first-order valence-corrected chi connectivity index (χ1v) is 8.63. The summed E-state index contributed by atoms with van der Waals surface area (Å²) in [6, 6.07) is 1.56. The maximum Gasteiger partial charge on any atom is 0.255 e. The lowest BCUT2D eigenvalue weighted by atomic mass is 9.95. The summed E-state index contributed by atoms with van der Waals surface area (Å²) in [6.45, 7) is 5.72. The summed E-state index contributed by atoms with van der Waals surface area (Å²) in [5.74, 6) is 0.312. The van der Waals surface area contributed by atoms with Gasteiger partial charge in [0.25, 0.3) is 5.91 Å². The van der Waals surface area contributed by atoms with Crippen molar-refractivity contribution < 1.29 is 14.6 Å². The molecule has 3 rings (SSSR count). The average molecular weight is 354 g/mol. The molecule has 132 valence electrons. The third-order valence-corrected chi connectivity index (χ3v) is 5.02. The molecule has 1 aromatic carbocycles. The number of amides is 1. The lowest BCUT2D eigenvalue weighted by molar-refractivity contribution is 0.0750. The number of halogens is 1. The lowest BCUT2D eigenvalue weighted by Crippen LogP contribution is -2.45. The standard InChI is InChI=1S/C17H24ClN3O3/c1-17(2)6-11-14(19)12(18)5-10(15(11)24-17)16(23)21-7-9-3-4-20-8-13(9)22/h5,9,13,20,22H,3-4,6-8,19H2,1-2H3,(H,21,23)/t9-,13+/m1/s1. The van der Waals surface area contributed by atoms with Crippen LogP contribution in [0.5, 0.6) is 5.75 Å². The van der Waals surface area contributed by atoms with Crippen molar-refractivity contribution in [3.63, 3.8) is 0 Å². The Morgan fingerprint density at radius 3 is 3.04 bits per heavy atom. The summed E-state index contributed by atoms with van der Waals surface area (Å²) < 4.78 is 5.94. The van der Waals surface area contributed by atoms with Crippen LogP contribution < -0.4 is 21.1 Å². The van der Waals surface area contributed by atoms with Gasteiger partial charge in [0.2, 0.25) is 0 Å². The van der Waals surface area contributed by atoms with Crippen molar-refractivity contribution in [2.75, 3.05) is 25.4 Å². The van der Waals surface area contributed by atoms with E-state index in [0.717, 1.165) is 18.5 Å². The number of nitrogens with two attached hydrogens (primary N) is 1. The molecule has 0 unspecified atom stereocenters. The first kappa shape index (κ1) is 17.3. The molecule has 1 aromatic rings. The Labute approximate surface area is 146 Å². The summed E-state index contributed by atoms with van der Waals surface area (Å²) in [5, 5.41) is 16.4. The number of hydrogen-bond donors (Lipinski definition) is 4. The fourth-order valence-electron chi connectivity index (χ4n) is 3.35.